The van der Waals surface area contributed by atoms with Crippen LogP contribution >= 0.6 is 11.3 Å². The molecule has 3 rings (SSSR count). The molecule has 112 valence electrons. The Balaban J connectivity index is 0.000000217. The zero-order valence-electron chi connectivity index (χ0n) is 11.9. The first-order valence-electron chi connectivity index (χ1n) is 6.41. The molecule has 1 N–H and O–H groups in total. The lowest BCUT2D eigenvalue weighted by Gasteiger charge is -1.99. The Morgan fingerprint density at radius 1 is 1.05 bits per heavy atom. The number of rotatable bonds is 2. The highest BCUT2D eigenvalue weighted by atomic mass is 32.1. The minimum Gasteiger partial charge on any atom is -0.490 e. The van der Waals surface area contributed by atoms with Crippen molar-refractivity contribution in [3.63, 3.8) is 0 Å². The van der Waals surface area contributed by atoms with Crippen LogP contribution in [0.4, 0.5) is 0 Å². The molecule has 4 nitrogen and oxygen atoms in total. The Labute approximate surface area is 130 Å². The van der Waals surface area contributed by atoms with Gasteiger partial charge in [0.05, 0.1) is 7.11 Å². The van der Waals surface area contributed by atoms with Crippen LogP contribution in [0.2, 0.25) is 0 Å². The lowest BCUT2D eigenvalue weighted by atomic mass is 10.2. The van der Waals surface area contributed by atoms with E-state index in [1.807, 2.05) is 48.5 Å². The van der Waals surface area contributed by atoms with Crippen LogP contribution in [0.3, 0.4) is 0 Å². The maximum atomic E-state index is 12.1. The number of carboxylic acid groups (broad SMARTS) is 1. The average Bonchev–Trinajstić information content (AvgIpc) is 2.55. The highest BCUT2D eigenvalue weighted by molar-refractivity contribution is 7.24. The lowest BCUT2D eigenvalue weighted by Crippen LogP contribution is -1.99. The van der Waals surface area contributed by atoms with Crippen molar-refractivity contribution in [1.29, 1.82) is 0 Å². The minimum atomic E-state index is -1.12. The molecule has 2 aromatic carbocycles. The van der Waals surface area contributed by atoms with Crippen molar-refractivity contribution in [2.75, 3.05) is 7.11 Å². The normalized spacial score (nSPS) is 9.86. The lowest BCUT2D eigenvalue weighted by molar-refractivity contribution is -0.136. The number of carbonyl (C=O) groups is 1. The van der Waals surface area contributed by atoms with Gasteiger partial charge in [0.2, 0.25) is 0 Å². The maximum Gasteiger partial charge on any atom is 0.370 e. The van der Waals surface area contributed by atoms with Gasteiger partial charge in [0, 0.05) is 20.2 Å². The molecular formula is C17H14O4S. The molecule has 22 heavy (non-hydrogen) atoms. The van der Waals surface area contributed by atoms with Crippen LogP contribution < -0.4 is 5.43 Å². The molecule has 0 aliphatic heterocycles. The van der Waals surface area contributed by atoms with E-state index in [0.29, 0.717) is 0 Å². The van der Waals surface area contributed by atoms with Gasteiger partial charge in [-0.25, -0.2) is 4.79 Å². The van der Waals surface area contributed by atoms with E-state index < -0.39 is 5.97 Å². The summed E-state index contributed by atoms with van der Waals surface area (Å²) in [5.74, 6) is -1.36. The second-order valence-corrected chi connectivity index (χ2v) is 5.44. The Morgan fingerprint density at radius 2 is 1.50 bits per heavy atom. The van der Waals surface area contributed by atoms with Gasteiger partial charge in [-0.2, -0.15) is 0 Å². The van der Waals surface area contributed by atoms with Crippen molar-refractivity contribution >= 4 is 37.5 Å². The number of ether oxygens (including phenoxy) is 1. The van der Waals surface area contributed by atoms with Crippen molar-refractivity contribution < 1.29 is 14.6 Å². The van der Waals surface area contributed by atoms with Crippen LogP contribution in [0.5, 0.6) is 0 Å². The average molecular weight is 314 g/mol. The molecule has 0 fully saturated rings. The predicted molar refractivity (Wildman–Crippen MR) is 89.4 cm³/mol. The van der Waals surface area contributed by atoms with Gasteiger partial charge in [-0.05, 0) is 30.8 Å². The summed E-state index contributed by atoms with van der Waals surface area (Å²) in [6.07, 6.45) is 0. The van der Waals surface area contributed by atoms with Gasteiger partial charge in [-0.1, -0.05) is 24.3 Å². The molecular weight excluding hydrogens is 300 g/mol. The third-order valence-corrected chi connectivity index (χ3v) is 4.12. The fourth-order valence-electron chi connectivity index (χ4n) is 1.84. The van der Waals surface area contributed by atoms with Crippen LogP contribution in [-0.2, 0) is 9.53 Å². The van der Waals surface area contributed by atoms with E-state index in [1.165, 1.54) is 7.11 Å². The highest BCUT2D eigenvalue weighted by Gasteiger charge is 2.03. The Morgan fingerprint density at radius 3 is 1.86 bits per heavy atom. The molecule has 0 spiro atoms. The first-order valence-corrected chi connectivity index (χ1v) is 7.23. The topological polar surface area (TPSA) is 63.6 Å². The molecule has 1 aromatic heterocycles. The molecule has 0 aliphatic rings. The SMILES string of the molecule is C=C(OC)C(=O)O.O=c1c2ccccc2sc2ccccc12. The van der Waals surface area contributed by atoms with Crippen LogP contribution in [0, 0.1) is 0 Å². The zero-order chi connectivity index (χ0) is 16.1. The number of aliphatic carboxylic acids is 1. The van der Waals surface area contributed by atoms with Crippen LogP contribution in [0.1, 0.15) is 0 Å². The summed E-state index contributed by atoms with van der Waals surface area (Å²) < 4.78 is 6.33. The molecule has 0 aliphatic carbocycles. The summed E-state index contributed by atoms with van der Waals surface area (Å²) in [5.41, 5.74) is 0.139. The van der Waals surface area contributed by atoms with Gasteiger partial charge < -0.3 is 9.84 Å². The number of hydrogen-bond acceptors (Lipinski definition) is 4. The summed E-state index contributed by atoms with van der Waals surface area (Å²) in [7, 11) is 1.26. The fraction of sp³-hybridized carbons (Fsp3) is 0.0588. The second kappa shape index (κ2) is 6.87. The van der Waals surface area contributed by atoms with Crippen molar-refractivity contribution in [1.82, 2.24) is 0 Å². The van der Waals surface area contributed by atoms with Crippen molar-refractivity contribution in [3.05, 3.63) is 71.1 Å². The van der Waals surface area contributed by atoms with E-state index in [0.717, 1.165) is 20.2 Å². The number of fused-ring (bicyclic) bond motifs is 2. The Kier molecular flexibility index (Phi) is 4.91. The number of benzene rings is 2. The molecule has 0 unspecified atom stereocenters. The molecule has 0 amide bonds. The number of methoxy groups -OCH3 is 1. The van der Waals surface area contributed by atoms with E-state index in [9.17, 15) is 9.59 Å². The predicted octanol–water partition coefficient (Wildman–Crippen LogP) is 3.65. The van der Waals surface area contributed by atoms with E-state index in [4.69, 9.17) is 5.11 Å². The van der Waals surface area contributed by atoms with E-state index in [1.54, 1.807) is 11.3 Å². The molecule has 0 saturated heterocycles. The first kappa shape index (κ1) is 15.7. The van der Waals surface area contributed by atoms with E-state index >= 15 is 0 Å². The maximum absolute atomic E-state index is 12.1. The summed E-state index contributed by atoms with van der Waals surface area (Å²) >= 11 is 1.67. The van der Waals surface area contributed by atoms with E-state index in [-0.39, 0.29) is 11.2 Å². The molecule has 5 heteroatoms. The van der Waals surface area contributed by atoms with Gasteiger partial charge in [-0.3, -0.25) is 4.79 Å². The molecule has 0 radical (unpaired) electrons. The van der Waals surface area contributed by atoms with Crippen molar-refractivity contribution in [3.8, 4) is 0 Å². The summed E-state index contributed by atoms with van der Waals surface area (Å²) in [5, 5.41) is 9.60. The summed E-state index contributed by atoms with van der Waals surface area (Å²) in [6.45, 7) is 3.05. The number of carboxylic acids is 1. The van der Waals surface area contributed by atoms with Gasteiger partial charge in [0.1, 0.15) is 0 Å². The van der Waals surface area contributed by atoms with E-state index in [2.05, 4.69) is 11.3 Å². The summed E-state index contributed by atoms with van der Waals surface area (Å²) in [4.78, 5) is 21.8. The Hall–Kier alpha value is -2.66. The molecule has 1 heterocycles. The van der Waals surface area contributed by atoms with Crippen LogP contribution in [0.15, 0.2) is 65.7 Å². The Bertz CT molecular complexity index is 839. The zero-order valence-corrected chi connectivity index (χ0v) is 12.7. The van der Waals surface area contributed by atoms with Crippen LogP contribution in [0.25, 0.3) is 20.2 Å². The fourth-order valence-corrected chi connectivity index (χ4v) is 2.91. The minimum absolute atomic E-state index is 0.139. The number of hydrogen-bond donors (Lipinski definition) is 1. The molecule has 3 aromatic rings. The third kappa shape index (κ3) is 3.32. The van der Waals surface area contributed by atoms with Crippen molar-refractivity contribution in [2.24, 2.45) is 0 Å². The van der Waals surface area contributed by atoms with Gasteiger partial charge in [-0.15, -0.1) is 11.3 Å². The van der Waals surface area contributed by atoms with Gasteiger partial charge in [0.15, 0.2) is 11.2 Å². The van der Waals surface area contributed by atoms with Gasteiger partial charge >= 0.3 is 5.97 Å². The molecule has 0 bridgehead atoms. The monoisotopic (exact) mass is 314 g/mol. The first-order chi connectivity index (χ1) is 10.5. The standard InChI is InChI=1S/C13H8OS.C4H6O3/c14-13-9-5-1-3-7-11(9)15-12-8-4-2-6-10(12)13;1-3(7-2)4(5)6/h1-8H;1H2,2H3,(H,5,6). The summed E-state index contributed by atoms with van der Waals surface area (Å²) in [6, 6.07) is 15.5. The molecule has 0 atom stereocenters. The second-order valence-electron chi connectivity index (χ2n) is 4.36. The molecule has 0 saturated carbocycles. The van der Waals surface area contributed by atoms with Crippen molar-refractivity contribution in [2.45, 2.75) is 0 Å². The van der Waals surface area contributed by atoms with Crippen LogP contribution in [-0.4, -0.2) is 18.2 Å². The largest absolute Gasteiger partial charge is 0.490 e. The third-order valence-electron chi connectivity index (χ3n) is 2.97. The highest BCUT2D eigenvalue weighted by Crippen LogP contribution is 2.23. The quantitative estimate of drug-likeness (QED) is 0.445. The van der Waals surface area contributed by atoms with Gasteiger partial charge in [0.25, 0.3) is 0 Å². The smallest absolute Gasteiger partial charge is 0.370 e.